The smallest absolute Gasteiger partial charge is 0.260 e. The molecule has 4 nitrogen and oxygen atoms in total. The summed E-state index contributed by atoms with van der Waals surface area (Å²) in [5, 5.41) is 0.645. The van der Waals surface area contributed by atoms with Crippen LogP contribution < -0.4 is 9.80 Å². The highest BCUT2D eigenvalue weighted by molar-refractivity contribution is 7.22. The van der Waals surface area contributed by atoms with Gasteiger partial charge in [0.1, 0.15) is 5.82 Å². The van der Waals surface area contributed by atoms with Crippen LogP contribution in [0.25, 0.3) is 10.2 Å². The Bertz CT molecular complexity index is 829. The number of thiazole rings is 1. The Balaban J connectivity index is 1.97. The number of nitrogens with one attached hydrogen (secondary N) is 1. The quantitative estimate of drug-likeness (QED) is 0.771. The molecule has 1 heterocycles. The van der Waals surface area contributed by atoms with Crippen LogP contribution in [-0.2, 0) is 0 Å². The van der Waals surface area contributed by atoms with Crippen LogP contribution in [0.15, 0.2) is 48.5 Å². The number of fused-ring (bicyclic) bond motifs is 1. The van der Waals surface area contributed by atoms with Crippen LogP contribution in [0, 0.1) is 5.82 Å². The first-order chi connectivity index (χ1) is 11.5. The predicted molar refractivity (Wildman–Crippen MR) is 95.4 cm³/mol. The maximum atomic E-state index is 13.5. The van der Waals surface area contributed by atoms with Crippen molar-refractivity contribution in [2.45, 2.75) is 0 Å². The van der Waals surface area contributed by atoms with E-state index in [-0.39, 0.29) is 5.91 Å². The lowest BCUT2D eigenvalue weighted by Gasteiger charge is -2.20. The van der Waals surface area contributed by atoms with Gasteiger partial charge in [-0.3, -0.25) is 9.69 Å². The Labute approximate surface area is 144 Å². The van der Waals surface area contributed by atoms with Gasteiger partial charge in [-0.2, -0.15) is 0 Å². The van der Waals surface area contributed by atoms with Crippen LogP contribution in [0.5, 0.6) is 0 Å². The molecular weight excluding hydrogens is 325 g/mol. The van der Waals surface area contributed by atoms with Crippen molar-refractivity contribution in [1.82, 2.24) is 4.98 Å². The van der Waals surface area contributed by atoms with Crippen molar-refractivity contribution in [3.05, 3.63) is 59.9 Å². The first-order valence-corrected chi connectivity index (χ1v) is 8.58. The van der Waals surface area contributed by atoms with Crippen LogP contribution in [-0.4, -0.2) is 38.1 Å². The molecule has 1 aromatic heterocycles. The summed E-state index contributed by atoms with van der Waals surface area (Å²) in [6.07, 6.45) is 0. The van der Waals surface area contributed by atoms with Gasteiger partial charge in [-0.15, -0.1) is 0 Å². The van der Waals surface area contributed by atoms with Crippen molar-refractivity contribution in [3.63, 3.8) is 0 Å². The maximum Gasteiger partial charge on any atom is 0.260 e. The molecule has 3 aromatic rings. The van der Waals surface area contributed by atoms with Gasteiger partial charge in [0.25, 0.3) is 5.91 Å². The number of hydrogen-bond acceptors (Lipinski definition) is 3. The van der Waals surface area contributed by atoms with Crippen molar-refractivity contribution >= 4 is 32.6 Å². The summed E-state index contributed by atoms with van der Waals surface area (Å²) in [6, 6.07) is 13.6. The minimum absolute atomic E-state index is 0.227. The van der Waals surface area contributed by atoms with E-state index in [1.165, 1.54) is 28.4 Å². The Morgan fingerprint density at radius 3 is 2.71 bits per heavy atom. The summed E-state index contributed by atoms with van der Waals surface area (Å²) in [4.78, 5) is 20.4. The third-order valence-corrected chi connectivity index (χ3v) is 4.73. The molecule has 0 bridgehead atoms. The average molecular weight is 344 g/mol. The van der Waals surface area contributed by atoms with Gasteiger partial charge in [-0.1, -0.05) is 29.5 Å². The number of nitrogens with zero attached hydrogens (tertiary/aromatic N) is 2. The zero-order valence-electron chi connectivity index (χ0n) is 13.6. The highest BCUT2D eigenvalue weighted by Crippen LogP contribution is 2.29. The Kier molecular flexibility index (Phi) is 4.87. The van der Waals surface area contributed by atoms with E-state index in [0.29, 0.717) is 17.2 Å². The van der Waals surface area contributed by atoms with Crippen LogP contribution in [0.1, 0.15) is 10.4 Å². The number of halogens is 1. The highest BCUT2D eigenvalue weighted by atomic mass is 32.1. The van der Waals surface area contributed by atoms with Crippen LogP contribution >= 0.6 is 11.3 Å². The first kappa shape index (κ1) is 16.5. The molecule has 2 aromatic carbocycles. The van der Waals surface area contributed by atoms with Gasteiger partial charge in [0.15, 0.2) is 5.13 Å². The van der Waals surface area contributed by atoms with Crippen molar-refractivity contribution in [1.29, 1.82) is 0 Å². The van der Waals surface area contributed by atoms with Gasteiger partial charge in [0, 0.05) is 5.56 Å². The van der Waals surface area contributed by atoms with E-state index in [1.807, 2.05) is 38.4 Å². The van der Waals surface area contributed by atoms with E-state index in [2.05, 4.69) is 4.98 Å². The molecule has 0 radical (unpaired) electrons. The third kappa shape index (κ3) is 3.60. The van der Waals surface area contributed by atoms with Gasteiger partial charge >= 0.3 is 0 Å². The van der Waals surface area contributed by atoms with Crippen molar-refractivity contribution in [3.8, 4) is 0 Å². The number of anilines is 1. The molecule has 0 saturated carbocycles. The second-order valence-electron chi connectivity index (χ2n) is 5.89. The van der Waals surface area contributed by atoms with Gasteiger partial charge in [-0.05, 0) is 30.3 Å². The van der Waals surface area contributed by atoms with Gasteiger partial charge in [0.05, 0.1) is 37.4 Å². The molecule has 0 aliphatic rings. The topological polar surface area (TPSA) is 37.6 Å². The van der Waals surface area contributed by atoms with E-state index >= 15 is 0 Å². The van der Waals surface area contributed by atoms with E-state index in [0.717, 1.165) is 16.8 Å². The second-order valence-corrected chi connectivity index (χ2v) is 6.90. The summed E-state index contributed by atoms with van der Waals surface area (Å²) in [5.41, 5.74) is 1.20. The minimum Gasteiger partial charge on any atom is -0.338 e. The number of rotatable bonds is 5. The summed E-state index contributed by atoms with van der Waals surface area (Å²) in [6.45, 7) is 1.30. The summed E-state index contributed by atoms with van der Waals surface area (Å²) < 4.78 is 14.5. The minimum atomic E-state index is -0.414. The molecular formula is C18H19FN3OS+. The maximum absolute atomic E-state index is 13.5. The predicted octanol–water partition coefficient (Wildman–Crippen LogP) is 2.23. The van der Waals surface area contributed by atoms with Gasteiger partial charge in [0.2, 0.25) is 0 Å². The molecule has 0 unspecified atom stereocenters. The molecule has 1 N–H and O–H groups in total. The fourth-order valence-electron chi connectivity index (χ4n) is 2.37. The molecule has 0 fully saturated rings. The number of quaternary nitrogens is 1. The van der Waals surface area contributed by atoms with Gasteiger partial charge in [-0.25, -0.2) is 9.37 Å². The molecule has 3 rings (SSSR count). The molecule has 24 heavy (non-hydrogen) atoms. The normalized spacial score (nSPS) is 11.2. The van der Waals surface area contributed by atoms with Gasteiger partial charge < -0.3 is 4.90 Å². The van der Waals surface area contributed by atoms with Crippen LogP contribution in [0.4, 0.5) is 9.52 Å². The number of carbonyl (C=O) groups excluding carboxylic acids is 1. The fourth-order valence-corrected chi connectivity index (χ4v) is 3.36. The monoisotopic (exact) mass is 344 g/mol. The van der Waals surface area contributed by atoms with Crippen molar-refractivity contribution in [2.24, 2.45) is 0 Å². The summed E-state index contributed by atoms with van der Waals surface area (Å²) in [7, 11) is 4.06. The molecule has 6 heteroatoms. The zero-order chi connectivity index (χ0) is 17.1. The Morgan fingerprint density at radius 2 is 2.00 bits per heavy atom. The SMILES string of the molecule is C[NH+](C)CCN(C(=O)c1cccc(F)c1)c1nc2ccccc2s1. The lowest BCUT2D eigenvalue weighted by molar-refractivity contribution is -0.856. The second kappa shape index (κ2) is 7.07. The molecule has 0 atom stereocenters. The molecule has 0 saturated heterocycles. The molecule has 0 aliphatic carbocycles. The Hall–Kier alpha value is -2.31. The Morgan fingerprint density at radius 1 is 1.21 bits per heavy atom. The fraction of sp³-hybridized carbons (Fsp3) is 0.222. The lowest BCUT2D eigenvalue weighted by atomic mass is 10.2. The van der Waals surface area contributed by atoms with E-state index in [9.17, 15) is 9.18 Å². The lowest BCUT2D eigenvalue weighted by Crippen LogP contribution is -3.06. The number of aromatic nitrogens is 1. The summed E-state index contributed by atoms with van der Waals surface area (Å²) >= 11 is 1.48. The van der Waals surface area contributed by atoms with E-state index in [1.54, 1.807) is 17.0 Å². The third-order valence-electron chi connectivity index (χ3n) is 3.67. The number of amides is 1. The number of para-hydroxylation sites is 1. The summed E-state index contributed by atoms with van der Waals surface area (Å²) in [5.74, 6) is -0.641. The highest BCUT2D eigenvalue weighted by Gasteiger charge is 2.22. The molecule has 1 amide bonds. The first-order valence-electron chi connectivity index (χ1n) is 7.76. The number of likely N-dealkylation sites (N-methyl/N-ethyl adjacent to an activating group) is 1. The standard InChI is InChI=1S/C18H18FN3OS/c1-21(2)10-11-22(17(23)13-6-5-7-14(19)12-13)18-20-15-8-3-4-9-16(15)24-18/h3-9,12H,10-11H2,1-2H3/p+1. The van der Waals surface area contributed by atoms with Crippen LogP contribution in [0.3, 0.4) is 0 Å². The van der Waals surface area contributed by atoms with Crippen molar-refractivity contribution in [2.75, 3.05) is 32.1 Å². The average Bonchev–Trinajstić information content (AvgIpc) is 2.98. The molecule has 0 aliphatic heterocycles. The number of hydrogen-bond donors (Lipinski definition) is 1. The van der Waals surface area contributed by atoms with Crippen LogP contribution in [0.2, 0.25) is 0 Å². The largest absolute Gasteiger partial charge is 0.338 e. The molecule has 124 valence electrons. The number of carbonyl (C=O) groups is 1. The molecule has 0 spiro atoms. The zero-order valence-corrected chi connectivity index (χ0v) is 14.4. The van der Waals surface area contributed by atoms with Crippen molar-refractivity contribution < 1.29 is 14.1 Å². The number of benzene rings is 2. The van der Waals surface area contributed by atoms with E-state index in [4.69, 9.17) is 0 Å². The van der Waals surface area contributed by atoms with E-state index < -0.39 is 5.82 Å².